The predicted molar refractivity (Wildman–Crippen MR) is 81.4 cm³/mol. The SMILES string of the molecule is CN(C)CCCc1cc([N+](=O)[O-])ccc1N1CCCC1. The zero-order valence-corrected chi connectivity index (χ0v) is 12.3. The Hall–Kier alpha value is -1.62. The number of non-ortho nitro benzene ring substituents is 1. The number of aryl methyl sites for hydroxylation is 1. The van der Waals surface area contributed by atoms with Crippen LogP contribution in [0.3, 0.4) is 0 Å². The minimum atomic E-state index is -0.302. The van der Waals surface area contributed by atoms with Gasteiger partial charge in [0.05, 0.1) is 4.92 Å². The maximum absolute atomic E-state index is 11.0. The van der Waals surface area contributed by atoms with Crippen LogP contribution in [0.15, 0.2) is 18.2 Å². The van der Waals surface area contributed by atoms with E-state index in [9.17, 15) is 10.1 Å². The van der Waals surface area contributed by atoms with Crippen LogP contribution in [0, 0.1) is 10.1 Å². The molecule has 1 aromatic rings. The number of rotatable bonds is 6. The van der Waals surface area contributed by atoms with Gasteiger partial charge in [-0.3, -0.25) is 10.1 Å². The summed E-state index contributed by atoms with van der Waals surface area (Å²) in [6, 6.07) is 5.31. The molecular weight excluding hydrogens is 254 g/mol. The Balaban J connectivity index is 2.18. The highest BCUT2D eigenvalue weighted by Gasteiger charge is 2.18. The Bertz CT molecular complexity index is 468. The molecule has 0 N–H and O–H groups in total. The molecular formula is C15H23N3O2. The van der Waals surface area contributed by atoms with E-state index < -0.39 is 0 Å². The van der Waals surface area contributed by atoms with Gasteiger partial charge in [0, 0.05) is 30.9 Å². The van der Waals surface area contributed by atoms with Gasteiger partial charge in [0.25, 0.3) is 5.69 Å². The van der Waals surface area contributed by atoms with Crippen LogP contribution < -0.4 is 4.90 Å². The first kappa shape index (κ1) is 14.8. The zero-order chi connectivity index (χ0) is 14.5. The van der Waals surface area contributed by atoms with E-state index in [-0.39, 0.29) is 10.6 Å². The third-order valence-electron chi connectivity index (χ3n) is 3.77. The molecule has 0 unspecified atom stereocenters. The Morgan fingerprint density at radius 3 is 2.60 bits per heavy atom. The zero-order valence-electron chi connectivity index (χ0n) is 12.3. The second-order valence-electron chi connectivity index (χ2n) is 5.67. The van der Waals surface area contributed by atoms with E-state index in [1.165, 1.54) is 18.5 Å². The Morgan fingerprint density at radius 2 is 2.00 bits per heavy atom. The summed E-state index contributed by atoms with van der Waals surface area (Å²) in [5.74, 6) is 0. The molecule has 110 valence electrons. The van der Waals surface area contributed by atoms with Gasteiger partial charge in [-0.15, -0.1) is 0 Å². The molecule has 0 saturated carbocycles. The highest BCUT2D eigenvalue weighted by Crippen LogP contribution is 2.29. The molecule has 5 nitrogen and oxygen atoms in total. The van der Waals surface area contributed by atoms with Gasteiger partial charge < -0.3 is 9.80 Å². The minimum absolute atomic E-state index is 0.202. The van der Waals surface area contributed by atoms with E-state index in [2.05, 4.69) is 23.9 Å². The molecule has 0 bridgehead atoms. The third-order valence-corrected chi connectivity index (χ3v) is 3.77. The predicted octanol–water partition coefficient (Wildman–Crippen LogP) is 2.69. The smallest absolute Gasteiger partial charge is 0.269 e. The molecule has 0 spiro atoms. The average molecular weight is 277 g/mol. The molecule has 0 aliphatic carbocycles. The first-order valence-corrected chi connectivity index (χ1v) is 7.25. The van der Waals surface area contributed by atoms with Gasteiger partial charge in [0.15, 0.2) is 0 Å². The van der Waals surface area contributed by atoms with Crippen molar-refractivity contribution in [3.05, 3.63) is 33.9 Å². The van der Waals surface area contributed by atoms with Gasteiger partial charge in [-0.05, 0) is 58.0 Å². The number of hydrogen-bond acceptors (Lipinski definition) is 4. The maximum atomic E-state index is 11.0. The van der Waals surface area contributed by atoms with Crippen LogP contribution in [0.25, 0.3) is 0 Å². The molecule has 5 heteroatoms. The van der Waals surface area contributed by atoms with Crippen molar-refractivity contribution >= 4 is 11.4 Å². The third kappa shape index (κ3) is 3.70. The van der Waals surface area contributed by atoms with E-state index >= 15 is 0 Å². The van der Waals surface area contributed by atoms with E-state index in [0.29, 0.717) is 0 Å². The summed E-state index contributed by atoms with van der Waals surface area (Å²) in [4.78, 5) is 15.2. The number of hydrogen-bond donors (Lipinski definition) is 0. The molecule has 1 heterocycles. The molecule has 20 heavy (non-hydrogen) atoms. The minimum Gasteiger partial charge on any atom is -0.371 e. The Morgan fingerprint density at radius 1 is 1.30 bits per heavy atom. The second-order valence-corrected chi connectivity index (χ2v) is 5.67. The summed E-state index contributed by atoms with van der Waals surface area (Å²) in [6.45, 7) is 3.14. The molecule has 1 fully saturated rings. The van der Waals surface area contributed by atoms with Gasteiger partial charge in [-0.2, -0.15) is 0 Å². The van der Waals surface area contributed by atoms with Crippen molar-refractivity contribution in [2.24, 2.45) is 0 Å². The van der Waals surface area contributed by atoms with E-state index in [1.54, 1.807) is 12.1 Å². The summed E-state index contributed by atoms with van der Waals surface area (Å²) in [5.41, 5.74) is 2.50. The molecule has 2 rings (SSSR count). The number of nitro benzene ring substituents is 1. The molecule has 0 aromatic heterocycles. The lowest BCUT2D eigenvalue weighted by Gasteiger charge is -2.21. The first-order valence-electron chi connectivity index (χ1n) is 7.25. The summed E-state index contributed by atoms with van der Waals surface area (Å²) >= 11 is 0. The van der Waals surface area contributed by atoms with Gasteiger partial charge in [0.1, 0.15) is 0 Å². The van der Waals surface area contributed by atoms with Crippen LogP contribution in [-0.2, 0) is 6.42 Å². The molecule has 1 aliphatic heterocycles. The fourth-order valence-corrected chi connectivity index (χ4v) is 2.74. The number of benzene rings is 1. The summed E-state index contributed by atoms with van der Waals surface area (Å²) in [6.07, 6.45) is 4.35. The fourth-order valence-electron chi connectivity index (χ4n) is 2.74. The fraction of sp³-hybridized carbons (Fsp3) is 0.600. The molecule has 1 saturated heterocycles. The van der Waals surface area contributed by atoms with Crippen molar-refractivity contribution in [2.45, 2.75) is 25.7 Å². The molecule has 0 radical (unpaired) electrons. The Labute approximate surface area is 120 Å². The molecule has 0 amide bonds. The standard InChI is InChI=1S/C15H23N3O2/c1-16(2)9-5-6-13-12-14(18(19)20)7-8-15(13)17-10-3-4-11-17/h7-8,12H,3-6,9-11H2,1-2H3. The van der Waals surface area contributed by atoms with Crippen molar-refractivity contribution in [3.8, 4) is 0 Å². The normalized spacial score (nSPS) is 15.1. The lowest BCUT2D eigenvalue weighted by atomic mass is 10.1. The maximum Gasteiger partial charge on any atom is 0.269 e. The highest BCUT2D eigenvalue weighted by atomic mass is 16.6. The van der Waals surface area contributed by atoms with Gasteiger partial charge in [0.2, 0.25) is 0 Å². The van der Waals surface area contributed by atoms with Crippen molar-refractivity contribution in [2.75, 3.05) is 38.6 Å². The van der Waals surface area contributed by atoms with Gasteiger partial charge in [-0.25, -0.2) is 0 Å². The van der Waals surface area contributed by atoms with Crippen molar-refractivity contribution < 1.29 is 4.92 Å². The van der Waals surface area contributed by atoms with Gasteiger partial charge >= 0.3 is 0 Å². The number of anilines is 1. The van der Waals surface area contributed by atoms with Crippen molar-refractivity contribution in [1.82, 2.24) is 4.90 Å². The highest BCUT2D eigenvalue weighted by molar-refractivity contribution is 5.58. The van der Waals surface area contributed by atoms with Crippen molar-refractivity contribution in [1.29, 1.82) is 0 Å². The van der Waals surface area contributed by atoms with Crippen LogP contribution in [0.4, 0.5) is 11.4 Å². The number of nitrogens with zero attached hydrogens (tertiary/aromatic N) is 3. The summed E-state index contributed by atoms with van der Waals surface area (Å²) < 4.78 is 0. The van der Waals surface area contributed by atoms with E-state index in [0.717, 1.165) is 38.0 Å². The largest absolute Gasteiger partial charge is 0.371 e. The summed E-state index contributed by atoms with van der Waals surface area (Å²) in [7, 11) is 4.10. The van der Waals surface area contributed by atoms with Crippen LogP contribution in [0.1, 0.15) is 24.8 Å². The number of nitro groups is 1. The van der Waals surface area contributed by atoms with Crippen LogP contribution in [0.2, 0.25) is 0 Å². The second kappa shape index (κ2) is 6.70. The van der Waals surface area contributed by atoms with Crippen LogP contribution in [0.5, 0.6) is 0 Å². The average Bonchev–Trinajstić information content (AvgIpc) is 2.91. The molecule has 0 atom stereocenters. The first-order chi connectivity index (χ1) is 9.58. The molecule has 1 aliphatic rings. The topological polar surface area (TPSA) is 49.6 Å². The quantitative estimate of drug-likeness (QED) is 0.592. The molecule has 1 aromatic carbocycles. The monoisotopic (exact) mass is 277 g/mol. The van der Waals surface area contributed by atoms with Crippen LogP contribution in [-0.4, -0.2) is 43.6 Å². The van der Waals surface area contributed by atoms with E-state index in [1.807, 2.05) is 6.07 Å². The van der Waals surface area contributed by atoms with Crippen LogP contribution >= 0.6 is 0 Å². The summed E-state index contributed by atoms with van der Waals surface area (Å²) in [5, 5.41) is 11.0. The lowest BCUT2D eigenvalue weighted by molar-refractivity contribution is -0.384. The lowest BCUT2D eigenvalue weighted by Crippen LogP contribution is -2.20. The van der Waals surface area contributed by atoms with E-state index in [4.69, 9.17) is 0 Å². The van der Waals surface area contributed by atoms with Crippen molar-refractivity contribution in [3.63, 3.8) is 0 Å². The Kier molecular flexibility index (Phi) is 4.95. The van der Waals surface area contributed by atoms with Gasteiger partial charge in [-0.1, -0.05) is 0 Å².